The molecular weight excluding hydrogens is 294 g/mol. The van der Waals surface area contributed by atoms with E-state index in [-0.39, 0.29) is 3.57 Å². The number of aliphatic carboxylic acids is 1. The van der Waals surface area contributed by atoms with Gasteiger partial charge in [-0.05, 0) is 22.6 Å². The molecule has 0 spiro atoms. The summed E-state index contributed by atoms with van der Waals surface area (Å²) in [4.78, 5) is 24.8. The van der Waals surface area contributed by atoms with Crippen molar-refractivity contribution in [1.29, 1.82) is 0 Å². The number of carboxylic acid groups (broad SMARTS) is 1. The highest BCUT2D eigenvalue weighted by Gasteiger charge is 2.19. The van der Waals surface area contributed by atoms with Crippen molar-refractivity contribution >= 4 is 28.6 Å². The molecule has 1 unspecified atom stereocenters. The summed E-state index contributed by atoms with van der Waals surface area (Å²) >= 11 is 1.65. The summed E-state index contributed by atoms with van der Waals surface area (Å²) in [5, 5.41) is 8.29. The van der Waals surface area contributed by atoms with E-state index in [4.69, 9.17) is 5.11 Å². The average molecular weight is 298 g/mol. The van der Waals surface area contributed by atoms with Crippen molar-refractivity contribution in [2.75, 3.05) is 0 Å². The first-order valence-corrected chi connectivity index (χ1v) is 4.20. The van der Waals surface area contributed by atoms with Crippen LogP contribution >= 0.6 is 22.6 Å². The van der Waals surface area contributed by atoms with E-state index in [0.717, 1.165) is 6.33 Å². The van der Waals surface area contributed by atoms with Gasteiger partial charge in [-0.2, -0.15) is 0 Å². The fourth-order valence-electron chi connectivity index (χ4n) is 0.682. The molecule has 0 fully saturated rings. The molecule has 0 amide bonds. The Morgan fingerprint density at radius 2 is 2.38 bits per heavy atom. The summed E-state index contributed by atoms with van der Waals surface area (Å²) in [7, 11) is 0. The van der Waals surface area contributed by atoms with Crippen LogP contribution in [-0.4, -0.2) is 20.6 Å². The SMILES string of the molecule is O=C(O)C(F)n1cncc(I)c1=O. The molecule has 0 aliphatic rings. The molecule has 0 saturated heterocycles. The van der Waals surface area contributed by atoms with Crippen molar-refractivity contribution < 1.29 is 14.3 Å². The van der Waals surface area contributed by atoms with E-state index in [1.54, 1.807) is 22.6 Å². The Morgan fingerprint density at radius 3 is 2.92 bits per heavy atom. The van der Waals surface area contributed by atoms with E-state index in [1.807, 2.05) is 0 Å². The summed E-state index contributed by atoms with van der Waals surface area (Å²) in [6.07, 6.45) is -0.299. The van der Waals surface area contributed by atoms with Crippen LogP contribution in [0.5, 0.6) is 0 Å². The van der Waals surface area contributed by atoms with E-state index in [9.17, 15) is 14.0 Å². The van der Waals surface area contributed by atoms with E-state index in [0.29, 0.717) is 4.57 Å². The van der Waals surface area contributed by atoms with Crippen LogP contribution in [0, 0.1) is 3.57 Å². The fourth-order valence-corrected chi connectivity index (χ4v) is 1.12. The molecule has 5 nitrogen and oxygen atoms in total. The first-order chi connectivity index (χ1) is 6.04. The number of hydrogen-bond donors (Lipinski definition) is 1. The summed E-state index contributed by atoms with van der Waals surface area (Å²) in [6, 6.07) is 0. The number of rotatable bonds is 2. The average Bonchev–Trinajstić information content (AvgIpc) is 2.08. The minimum atomic E-state index is -2.38. The fraction of sp³-hybridized carbons (Fsp3) is 0.167. The number of hydrogen-bond acceptors (Lipinski definition) is 3. The van der Waals surface area contributed by atoms with Gasteiger partial charge in [-0.15, -0.1) is 0 Å². The molecule has 0 saturated carbocycles. The number of alkyl halides is 1. The van der Waals surface area contributed by atoms with Gasteiger partial charge in [-0.25, -0.2) is 14.2 Å². The van der Waals surface area contributed by atoms with Crippen LogP contribution < -0.4 is 5.56 Å². The summed E-state index contributed by atoms with van der Waals surface area (Å²) in [6.45, 7) is 0. The largest absolute Gasteiger partial charge is 0.478 e. The summed E-state index contributed by atoms with van der Waals surface area (Å²) in [5.74, 6) is -1.72. The molecule has 0 radical (unpaired) electrons. The zero-order chi connectivity index (χ0) is 10.0. The van der Waals surface area contributed by atoms with Gasteiger partial charge in [-0.1, -0.05) is 0 Å². The molecule has 0 bridgehead atoms. The van der Waals surface area contributed by atoms with Crippen molar-refractivity contribution in [2.24, 2.45) is 0 Å². The van der Waals surface area contributed by atoms with Gasteiger partial charge in [0.15, 0.2) is 0 Å². The smallest absolute Gasteiger partial charge is 0.360 e. The molecule has 13 heavy (non-hydrogen) atoms. The van der Waals surface area contributed by atoms with Crippen LogP contribution in [0.1, 0.15) is 6.30 Å². The predicted molar refractivity (Wildman–Crippen MR) is 49.0 cm³/mol. The minimum absolute atomic E-state index is 0.170. The zero-order valence-corrected chi connectivity index (χ0v) is 8.30. The van der Waals surface area contributed by atoms with Crippen LogP contribution in [0.25, 0.3) is 0 Å². The summed E-state index contributed by atoms with van der Waals surface area (Å²) < 4.78 is 13.4. The Bertz CT molecular complexity index is 392. The molecular formula is C6H4FIN2O3. The van der Waals surface area contributed by atoms with Gasteiger partial charge < -0.3 is 5.11 Å². The Labute approximate surface area is 85.4 Å². The number of halogens is 2. The van der Waals surface area contributed by atoms with Gasteiger partial charge in [0.1, 0.15) is 6.33 Å². The maximum atomic E-state index is 12.8. The second-order valence-electron chi connectivity index (χ2n) is 2.13. The molecule has 70 valence electrons. The Balaban J connectivity index is 3.23. The third-order valence-electron chi connectivity index (χ3n) is 1.27. The second kappa shape index (κ2) is 3.81. The van der Waals surface area contributed by atoms with Crippen LogP contribution in [0.3, 0.4) is 0 Å². The molecule has 0 aliphatic heterocycles. The lowest BCUT2D eigenvalue weighted by Gasteiger charge is -2.05. The first-order valence-electron chi connectivity index (χ1n) is 3.12. The monoisotopic (exact) mass is 298 g/mol. The highest BCUT2D eigenvalue weighted by Crippen LogP contribution is 2.04. The van der Waals surface area contributed by atoms with Gasteiger partial charge in [0.2, 0.25) is 0 Å². The molecule has 1 atom stereocenters. The number of carboxylic acids is 1. The van der Waals surface area contributed by atoms with E-state index >= 15 is 0 Å². The van der Waals surface area contributed by atoms with Crippen LogP contribution in [0.4, 0.5) is 4.39 Å². The maximum Gasteiger partial charge on any atom is 0.360 e. The Morgan fingerprint density at radius 1 is 1.77 bits per heavy atom. The molecule has 7 heteroatoms. The highest BCUT2D eigenvalue weighted by molar-refractivity contribution is 14.1. The highest BCUT2D eigenvalue weighted by atomic mass is 127. The maximum absolute atomic E-state index is 12.8. The van der Waals surface area contributed by atoms with E-state index < -0.39 is 17.8 Å². The zero-order valence-electron chi connectivity index (χ0n) is 6.15. The minimum Gasteiger partial charge on any atom is -0.478 e. The summed E-state index contributed by atoms with van der Waals surface area (Å²) in [5.41, 5.74) is -0.703. The lowest BCUT2D eigenvalue weighted by Crippen LogP contribution is -2.28. The molecule has 1 aromatic rings. The Kier molecular flexibility index (Phi) is 2.96. The van der Waals surface area contributed by atoms with Gasteiger partial charge in [0.25, 0.3) is 11.9 Å². The standard InChI is InChI=1S/C6H4FIN2O3/c7-4(6(12)13)10-2-9-1-3(8)5(10)11/h1-2,4H,(H,12,13). The van der Waals surface area contributed by atoms with Gasteiger partial charge in [-0.3, -0.25) is 9.36 Å². The molecule has 1 rings (SSSR count). The quantitative estimate of drug-likeness (QED) is 0.802. The van der Waals surface area contributed by atoms with Crippen LogP contribution in [-0.2, 0) is 4.79 Å². The van der Waals surface area contributed by atoms with Crippen molar-refractivity contribution in [3.63, 3.8) is 0 Å². The van der Waals surface area contributed by atoms with Crippen molar-refractivity contribution in [3.05, 3.63) is 26.4 Å². The van der Waals surface area contributed by atoms with Crippen molar-refractivity contribution in [1.82, 2.24) is 9.55 Å². The third kappa shape index (κ3) is 2.02. The van der Waals surface area contributed by atoms with E-state index in [1.165, 1.54) is 6.20 Å². The van der Waals surface area contributed by atoms with Crippen LogP contribution in [0.2, 0.25) is 0 Å². The molecule has 1 N–H and O–H groups in total. The molecule has 1 aromatic heterocycles. The predicted octanol–water partition coefficient (Wildman–Crippen LogP) is 0.401. The van der Waals surface area contributed by atoms with E-state index in [2.05, 4.69) is 4.98 Å². The van der Waals surface area contributed by atoms with Gasteiger partial charge in [0, 0.05) is 6.20 Å². The topological polar surface area (TPSA) is 72.2 Å². The second-order valence-corrected chi connectivity index (χ2v) is 3.29. The lowest BCUT2D eigenvalue weighted by molar-refractivity contribution is -0.146. The van der Waals surface area contributed by atoms with Crippen LogP contribution in [0.15, 0.2) is 17.3 Å². The van der Waals surface area contributed by atoms with Crippen molar-refractivity contribution in [3.8, 4) is 0 Å². The first kappa shape index (κ1) is 10.1. The normalized spacial score (nSPS) is 12.5. The van der Waals surface area contributed by atoms with Crippen molar-refractivity contribution in [2.45, 2.75) is 6.30 Å². The molecule has 1 heterocycles. The van der Waals surface area contributed by atoms with Gasteiger partial charge in [0.05, 0.1) is 3.57 Å². The Hall–Kier alpha value is -0.990. The molecule has 0 aromatic carbocycles. The lowest BCUT2D eigenvalue weighted by atomic mass is 10.5. The molecule has 0 aliphatic carbocycles. The number of nitrogens with zero attached hydrogens (tertiary/aromatic N) is 2. The number of carbonyl (C=O) groups is 1. The third-order valence-corrected chi connectivity index (χ3v) is 2.01. The number of aromatic nitrogens is 2. The van der Waals surface area contributed by atoms with Gasteiger partial charge >= 0.3 is 5.97 Å².